The summed E-state index contributed by atoms with van der Waals surface area (Å²) in [5.41, 5.74) is 2.29. The van der Waals surface area contributed by atoms with Gasteiger partial charge in [-0.25, -0.2) is 4.98 Å². The van der Waals surface area contributed by atoms with Gasteiger partial charge in [-0.1, -0.05) is 18.2 Å². The standard InChI is InChI=1S/C19H24N2O2/c1-14(2)22-18-7-5-4-6-17(18)21-11-10-16(13-21)23-19-9-8-15(3)12-20-19/h4-9,12,14,16H,10-11,13H2,1-3H3/t16-/m1/s1. The zero-order valence-electron chi connectivity index (χ0n) is 14.0. The van der Waals surface area contributed by atoms with Gasteiger partial charge >= 0.3 is 0 Å². The van der Waals surface area contributed by atoms with Gasteiger partial charge in [0, 0.05) is 25.2 Å². The van der Waals surface area contributed by atoms with Crippen molar-refractivity contribution < 1.29 is 9.47 Å². The number of pyridine rings is 1. The Morgan fingerprint density at radius 3 is 2.74 bits per heavy atom. The highest BCUT2D eigenvalue weighted by Crippen LogP contribution is 2.32. The second-order valence-electron chi connectivity index (χ2n) is 6.28. The molecular formula is C19H24N2O2. The van der Waals surface area contributed by atoms with Gasteiger partial charge in [0.05, 0.1) is 18.3 Å². The van der Waals surface area contributed by atoms with Crippen molar-refractivity contribution in [2.45, 2.75) is 39.4 Å². The van der Waals surface area contributed by atoms with Gasteiger partial charge in [0.1, 0.15) is 11.9 Å². The summed E-state index contributed by atoms with van der Waals surface area (Å²) in [6.45, 7) is 7.95. The van der Waals surface area contributed by atoms with Crippen molar-refractivity contribution in [1.29, 1.82) is 0 Å². The van der Waals surface area contributed by atoms with E-state index in [0.29, 0.717) is 5.88 Å². The van der Waals surface area contributed by atoms with Crippen LogP contribution in [-0.4, -0.2) is 30.3 Å². The lowest BCUT2D eigenvalue weighted by atomic mass is 10.2. The molecule has 0 saturated carbocycles. The van der Waals surface area contributed by atoms with E-state index in [9.17, 15) is 0 Å². The topological polar surface area (TPSA) is 34.6 Å². The second kappa shape index (κ2) is 6.90. The van der Waals surface area contributed by atoms with Crippen molar-refractivity contribution in [2.24, 2.45) is 0 Å². The highest BCUT2D eigenvalue weighted by molar-refractivity contribution is 5.59. The number of ether oxygens (including phenoxy) is 2. The molecule has 2 heterocycles. The molecule has 0 spiro atoms. The summed E-state index contributed by atoms with van der Waals surface area (Å²) in [6, 6.07) is 12.2. The van der Waals surface area contributed by atoms with Gasteiger partial charge in [0.25, 0.3) is 0 Å². The van der Waals surface area contributed by atoms with Gasteiger partial charge < -0.3 is 14.4 Å². The predicted octanol–water partition coefficient (Wildman–Crippen LogP) is 3.83. The molecule has 1 aliphatic heterocycles. The molecular weight excluding hydrogens is 288 g/mol. The van der Waals surface area contributed by atoms with Crippen LogP contribution in [0, 0.1) is 6.92 Å². The molecule has 4 nitrogen and oxygen atoms in total. The summed E-state index contributed by atoms with van der Waals surface area (Å²) in [5.74, 6) is 1.64. The molecule has 122 valence electrons. The Morgan fingerprint density at radius 1 is 1.17 bits per heavy atom. The second-order valence-corrected chi connectivity index (χ2v) is 6.28. The summed E-state index contributed by atoms with van der Waals surface area (Å²) < 4.78 is 11.9. The van der Waals surface area contributed by atoms with E-state index in [4.69, 9.17) is 9.47 Å². The van der Waals surface area contributed by atoms with Crippen molar-refractivity contribution in [2.75, 3.05) is 18.0 Å². The van der Waals surface area contributed by atoms with Crippen molar-refractivity contribution in [3.63, 3.8) is 0 Å². The van der Waals surface area contributed by atoms with E-state index >= 15 is 0 Å². The normalized spacial score (nSPS) is 17.6. The lowest BCUT2D eigenvalue weighted by Gasteiger charge is -2.23. The van der Waals surface area contributed by atoms with Crippen LogP contribution in [0.2, 0.25) is 0 Å². The molecule has 3 rings (SSSR count). The number of hydrogen-bond donors (Lipinski definition) is 0. The number of rotatable bonds is 5. The van der Waals surface area contributed by atoms with Crippen molar-refractivity contribution in [3.8, 4) is 11.6 Å². The molecule has 1 atom stereocenters. The van der Waals surface area contributed by atoms with Crippen molar-refractivity contribution >= 4 is 5.69 Å². The molecule has 23 heavy (non-hydrogen) atoms. The van der Waals surface area contributed by atoms with E-state index in [-0.39, 0.29) is 12.2 Å². The average Bonchev–Trinajstić information content (AvgIpc) is 2.98. The molecule has 0 aliphatic carbocycles. The largest absolute Gasteiger partial charge is 0.489 e. The minimum absolute atomic E-state index is 0.164. The summed E-state index contributed by atoms with van der Waals surface area (Å²) in [4.78, 5) is 6.66. The van der Waals surface area contributed by atoms with Gasteiger partial charge in [0.15, 0.2) is 0 Å². The molecule has 0 bridgehead atoms. The van der Waals surface area contributed by atoms with E-state index in [1.54, 1.807) is 0 Å². The molecule has 0 radical (unpaired) electrons. The number of nitrogens with zero attached hydrogens (tertiary/aromatic N) is 2. The molecule has 2 aromatic rings. The van der Waals surface area contributed by atoms with Crippen LogP contribution in [0.5, 0.6) is 11.6 Å². The monoisotopic (exact) mass is 312 g/mol. The van der Waals surface area contributed by atoms with Crippen LogP contribution >= 0.6 is 0 Å². The Labute approximate surface area is 138 Å². The maximum absolute atomic E-state index is 6.01. The third kappa shape index (κ3) is 3.95. The highest BCUT2D eigenvalue weighted by Gasteiger charge is 2.26. The Hall–Kier alpha value is -2.23. The number of benzene rings is 1. The first-order valence-corrected chi connectivity index (χ1v) is 8.22. The van der Waals surface area contributed by atoms with E-state index in [0.717, 1.165) is 36.5 Å². The first-order valence-electron chi connectivity index (χ1n) is 8.22. The lowest BCUT2D eigenvalue weighted by molar-refractivity contribution is 0.215. The van der Waals surface area contributed by atoms with Crippen molar-refractivity contribution in [3.05, 3.63) is 48.2 Å². The van der Waals surface area contributed by atoms with Gasteiger partial charge in [-0.15, -0.1) is 0 Å². The molecule has 0 N–H and O–H groups in total. The molecule has 1 aromatic heterocycles. The van der Waals surface area contributed by atoms with Crippen LogP contribution in [0.25, 0.3) is 0 Å². The predicted molar refractivity (Wildman–Crippen MR) is 92.4 cm³/mol. The SMILES string of the molecule is Cc1ccc(O[C@@H]2CCN(c3ccccc3OC(C)C)C2)nc1. The molecule has 1 fully saturated rings. The lowest BCUT2D eigenvalue weighted by Crippen LogP contribution is -2.25. The maximum Gasteiger partial charge on any atom is 0.213 e. The molecule has 0 unspecified atom stereocenters. The fraction of sp³-hybridized carbons (Fsp3) is 0.421. The number of anilines is 1. The number of para-hydroxylation sites is 2. The van der Waals surface area contributed by atoms with Crippen LogP contribution < -0.4 is 14.4 Å². The number of aromatic nitrogens is 1. The number of aryl methyl sites for hydroxylation is 1. The minimum atomic E-state index is 0.164. The minimum Gasteiger partial charge on any atom is -0.489 e. The van der Waals surface area contributed by atoms with Crippen molar-refractivity contribution in [1.82, 2.24) is 4.98 Å². The third-order valence-electron chi connectivity index (χ3n) is 3.89. The fourth-order valence-electron chi connectivity index (χ4n) is 2.81. The Morgan fingerprint density at radius 2 is 2.00 bits per heavy atom. The summed E-state index contributed by atoms with van der Waals surface area (Å²) in [7, 11) is 0. The van der Waals surface area contributed by atoms with E-state index < -0.39 is 0 Å². The van der Waals surface area contributed by atoms with Gasteiger partial charge in [-0.05, 0) is 38.5 Å². The molecule has 0 amide bonds. The van der Waals surface area contributed by atoms with Crippen LogP contribution in [0.4, 0.5) is 5.69 Å². The molecule has 1 aromatic carbocycles. The molecule has 1 saturated heterocycles. The van der Waals surface area contributed by atoms with Gasteiger partial charge in [-0.2, -0.15) is 0 Å². The fourth-order valence-corrected chi connectivity index (χ4v) is 2.81. The van der Waals surface area contributed by atoms with E-state index in [1.807, 2.05) is 37.4 Å². The first kappa shape index (κ1) is 15.7. The smallest absolute Gasteiger partial charge is 0.213 e. The third-order valence-corrected chi connectivity index (χ3v) is 3.89. The quantitative estimate of drug-likeness (QED) is 0.840. The van der Waals surface area contributed by atoms with Crippen LogP contribution in [-0.2, 0) is 0 Å². The summed E-state index contributed by atoms with van der Waals surface area (Å²) in [5, 5.41) is 0. The zero-order chi connectivity index (χ0) is 16.2. The Bertz CT molecular complexity index is 640. The maximum atomic E-state index is 6.01. The van der Waals surface area contributed by atoms with E-state index in [2.05, 4.69) is 35.9 Å². The van der Waals surface area contributed by atoms with Crippen LogP contribution in [0.15, 0.2) is 42.6 Å². The summed E-state index contributed by atoms with van der Waals surface area (Å²) in [6.07, 6.45) is 3.17. The average molecular weight is 312 g/mol. The van der Waals surface area contributed by atoms with Crippen LogP contribution in [0.3, 0.4) is 0 Å². The van der Waals surface area contributed by atoms with Crippen LogP contribution in [0.1, 0.15) is 25.8 Å². The van der Waals surface area contributed by atoms with Gasteiger partial charge in [-0.3, -0.25) is 0 Å². The molecule has 1 aliphatic rings. The molecule has 4 heteroatoms. The Kier molecular flexibility index (Phi) is 4.70. The number of hydrogen-bond acceptors (Lipinski definition) is 4. The zero-order valence-corrected chi connectivity index (χ0v) is 14.0. The Balaban J connectivity index is 1.66. The van der Waals surface area contributed by atoms with Gasteiger partial charge in [0.2, 0.25) is 5.88 Å². The first-order chi connectivity index (χ1) is 11.1. The van der Waals surface area contributed by atoms with E-state index in [1.165, 1.54) is 0 Å². The highest BCUT2D eigenvalue weighted by atomic mass is 16.5. The summed E-state index contributed by atoms with van der Waals surface area (Å²) >= 11 is 0.